The Morgan fingerprint density at radius 1 is 1.32 bits per heavy atom. The van der Waals surface area contributed by atoms with Gasteiger partial charge >= 0.3 is 0 Å². The minimum Gasteiger partial charge on any atom is -0.327 e. The van der Waals surface area contributed by atoms with Gasteiger partial charge in [0.15, 0.2) is 5.82 Å². The van der Waals surface area contributed by atoms with Gasteiger partial charge in [-0.15, -0.1) is 11.6 Å². The van der Waals surface area contributed by atoms with Gasteiger partial charge in [-0.2, -0.15) is 0 Å². The molecule has 0 aliphatic carbocycles. The van der Waals surface area contributed by atoms with Gasteiger partial charge in [0.05, 0.1) is 10.9 Å². The molecule has 19 heavy (non-hydrogen) atoms. The standard InChI is InChI=1S/C15H20ClFN2/c1-3-4-5-6-10-19-13-9-7-8-12(17)14(13)18-15(19)11(2)16/h7-9,11H,3-6,10H2,1-2H3. The largest absolute Gasteiger partial charge is 0.327 e. The maximum absolute atomic E-state index is 13.8. The maximum atomic E-state index is 13.8. The van der Waals surface area contributed by atoms with E-state index in [0.717, 1.165) is 24.3 Å². The zero-order valence-electron chi connectivity index (χ0n) is 11.5. The zero-order chi connectivity index (χ0) is 13.8. The predicted octanol–water partition coefficient (Wildman–Crippen LogP) is 5.06. The predicted molar refractivity (Wildman–Crippen MR) is 78.1 cm³/mol. The molecule has 0 amide bonds. The molecule has 1 atom stereocenters. The van der Waals surface area contributed by atoms with E-state index in [1.165, 1.54) is 25.3 Å². The third-order valence-electron chi connectivity index (χ3n) is 3.35. The molecule has 1 unspecified atom stereocenters. The van der Waals surface area contributed by atoms with Gasteiger partial charge in [0.1, 0.15) is 11.3 Å². The number of nitrogens with zero attached hydrogens (tertiary/aromatic N) is 2. The van der Waals surface area contributed by atoms with E-state index in [-0.39, 0.29) is 11.2 Å². The van der Waals surface area contributed by atoms with Crippen LogP contribution in [0.2, 0.25) is 0 Å². The fourth-order valence-electron chi connectivity index (χ4n) is 2.37. The smallest absolute Gasteiger partial charge is 0.151 e. The summed E-state index contributed by atoms with van der Waals surface area (Å²) >= 11 is 6.17. The number of hydrogen-bond donors (Lipinski definition) is 0. The average Bonchev–Trinajstić information content (AvgIpc) is 2.75. The topological polar surface area (TPSA) is 17.8 Å². The lowest BCUT2D eigenvalue weighted by molar-refractivity contribution is 0.574. The normalized spacial score (nSPS) is 13.1. The van der Waals surface area contributed by atoms with Crippen LogP contribution in [-0.4, -0.2) is 9.55 Å². The second-order valence-corrected chi connectivity index (χ2v) is 5.56. The van der Waals surface area contributed by atoms with Crippen molar-refractivity contribution in [1.29, 1.82) is 0 Å². The Morgan fingerprint density at radius 3 is 2.79 bits per heavy atom. The molecule has 0 aliphatic heterocycles. The van der Waals surface area contributed by atoms with Crippen LogP contribution in [0.3, 0.4) is 0 Å². The van der Waals surface area contributed by atoms with Crippen molar-refractivity contribution >= 4 is 22.6 Å². The Kier molecular flexibility index (Phi) is 4.81. The van der Waals surface area contributed by atoms with Crippen molar-refractivity contribution in [3.63, 3.8) is 0 Å². The number of halogens is 2. The quantitative estimate of drug-likeness (QED) is 0.535. The lowest BCUT2D eigenvalue weighted by atomic mass is 10.2. The summed E-state index contributed by atoms with van der Waals surface area (Å²) in [6, 6.07) is 5.08. The Morgan fingerprint density at radius 2 is 2.11 bits per heavy atom. The van der Waals surface area contributed by atoms with Gasteiger partial charge in [-0.3, -0.25) is 0 Å². The molecule has 1 heterocycles. The minimum atomic E-state index is -0.275. The summed E-state index contributed by atoms with van der Waals surface area (Å²) in [6.07, 6.45) is 4.69. The third-order valence-corrected chi connectivity index (χ3v) is 3.55. The van der Waals surface area contributed by atoms with Crippen molar-refractivity contribution in [3.8, 4) is 0 Å². The summed E-state index contributed by atoms with van der Waals surface area (Å²) in [5, 5.41) is -0.210. The number of aryl methyl sites for hydroxylation is 1. The van der Waals surface area contributed by atoms with E-state index < -0.39 is 0 Å². The van der Waals surface area contributed by atoms with Crippen molar-refractivity contribution in [3.05, 3.63) is 29.8 Å². The van der Waals surface area contributed by atoms with E-state index in [1.807, 2.05) is 13.0 Å². The number of benzene rings is 1. The fourth-order valence-corrected chi connectivity index (χ4v) is 2.53. The minimum absolute atomic E-state index is 0.210. The van der Waals surface area contributed by atoms with Gasteiger partial charge < -0.3 is 4.57 Å². The third kappa shape index (κ3) is 3.08. The molecule has 2 nitrogen and oxygen atoms in total. The number of hydrogen-bond acceptors (Lipinski definition) is 1. The highest BCUT2D eigenvalue weighted by Gasteiger charge is 2.16. The Labute approximate surface area is 118 Å². The molecular formula is C15H20ClFN2. The molecule has 0 fully saturated rings. The maximum Gasteiger partial charge on any atom is 0.151 e. The van der Waals surface area contributed by atoms with Crippen LogP contribution < -0.4 is 0 Å². The first kappa shape index (κ1) is 14.3. The number of rotatable bonds is 6. The lowest BCUT2D eigenvalue weighted by Gasteiger charge is -2.10. The molecule has 1 aromatic carbocycles. The number of para-hydroxylation sites is 1. The molecule has 2 rings (SSSR count). The van der Waals surface area contributed by atoms with Crippen molar-refractivity contribution in [2.75, 3.05) is 0 Å². The van der Waals surface area contributed by atoms with Crippen LogP contribution in [0.25, 0.3) is 11.0 Å². The highest BCUT2D eigenvalue weighted by molar-refractivity contribution is 6.20. The highest BCUT2D eigenvalue weighted by Crippen LogP contribution is 2.26. The fraction of sp³-hybridized carbons (Fsp3) is 0.533. The molecule has 0 saturated heterocycles. The van der Waals surface area contributed by atoms with Crippen LogP contribution in [0.5, 0.6) is 0 Å². The number of aromatic nitrogens is 2. The first-order valence-corrected chi connectivity index (χ1v) is 7.37. The van der Waals surface area contributed by atoms with Crippen LogP contribution >= 0.6 is 11.6 Å². The van der Waals surface area contributed by atoms with Crippen molar-refractivity contribution in [2.24, 2.45) is 0 Å². The second kappa shape index (κ2) is 6.38. The summed E-state index contributed by atoms with van der Waals surface area (Å²) in [5.41, 5.74) is 1.28. The van der Waals surface area contributed by atoms with Crippen molar-refractivity contribution in [2.45, 2.75) is 51.5 Å². The average molecular weight is 283 g/mol. The first-order chi connectivity index (χ1) is 9.15. The van der Waals surface area contributed by atoms with E-state index in [9.17, 15) is 4.39 Å². The van der Waals surface area contributed by atoms with Crippen molar-refractivity contribution < 1.29 is 4.39 Å². The zero-order valence-corrected chi connectivity index (χ0v) is 12.3. The molecule has 1 aromatic heterocycles. The molecule has 0 N–H and O–H groups in total. The van der Waals surface area contributed by atoms with Gasteiger partial charge in [0.2, 0.25) is 0 Å². The molecule has 0 spiro atoms. The molecule has 0 bridgehead atoms. The molecular weight excluding hydrogens is 263 g/mol. The summed E-state index contributed by atoms with van der Waals surface area (Å²) < 4.78 is 15.8. The Balaban J connectivity index is 2.33. The highest BCUT2D eigenvalue weighted by atomic mass is 35.5. The summed E-state index contributed by atoms with van der Waals surface area (Å²) in [6.45, 7) is 4.92. The Bertz CT molecular complexity index is 548. The van der Waals surface area contributed by atoms with Crippen LogP contribution in [-0.2, 0) is 6.54 Å². The molecule has 0 radical (unpaired) electrons. The monoisotopic (exact) mass is 282 g/mol. The second-order valence-electron chi connectivity index (χ2n) is 4.91. The molecule has 4 heteroatoms. The van der Waals surface area contributed by atoms with E-state index >= 15 is 0 Å². The first-order valence-electron chi connectivity index (χ1n) is 6.94. The van der Waals surface area contributed by atoms with Gasteiger partial charge in [-0.1, -0.05) is 32.3 Å². The lowest BCUT2D eigenvalue weighted by Crippen LogP contribution is -2.04. The Hall–Kier alpha value is -1.09. The molecule has 2 aromatic rings. The van der Waals surface area contributed by atoms with Crippen molar-refractivity contribution in [1.82, 2.24) is 9.55 Å². The van der Waals surface area contributed by atoms with E-state index in [1.54, 1.807) is 6.07 Å². The summed E-state index contributed by atoms with van der Waals surface area (Å²) in [7, 11) is 0. The number of fused-ring (bicyclic) bond motifs is 1. The van der Waals surface area contributed by atoms with Gasteiger partial charge in [0.25, 0.3) is 0 Å². The van der Waals surface area contributed by atoms with Crippen LogP contribution in [0.1, 0.15) is 50.7 Å². The van der Waals surface area contributed by atoms with E-state index in [2.05, 4.69) is 16.5 Å². The number of alkyl halides is 1. The molecule has 0 saturated carbocycles. The molecule has 0 aliphatic rings. The van der Waals surface area contributed by atoms with E-state index in [4.69, 9.17) is 11.6 Å². The van der Waals surface area contributed by atoms with E-state index in [0.29, 0.717) is 5.52 Å². The van der Waals surface area contributed by atoms with Crippen LogP contribution in [0.15, 0.2) is 18.2 Å². The SMILES string of the molecule is CCCCCCn1c(C(C)Cl)nc2c(F)cccc21. The van der Waals surface area contributed by atoms with Gasteiger partial charge in [-0.25, -0.2) is 9.37 Å². The number of imidazole rings is 1. The van der Waals surface area contributed by atoms with Gasteiger partial charge in [0, 0.05) is 6.54 Å². The molecule has 104 valence electrons. The number of unbranched alkanes of at least 4 members (excludes halogenated alkanes) is 3. The summed E-state index contributed by atoms with van der Waals surface area (Å²) in [4.78, 5) is 4.37. The van der Waals surface area contributed by atoms with Gasteiger partial charge in [-0.05, 0) is 25.5 Å². The van der Waals surface area contributed by atoms with Crippen LogP contribution in [0, 0.1) is 5.82 Å². The van der Waals surface area contributed by atoms with Crippen LogP contribution in [0.4, 0.5) is 4.39 Å². The summed E-state index contributed by atoms with van der Waals surface area (Å²) in [5.74, 6) is 0.488.